The van der Waals surface area contributed by atoms with Gasteiger partial charge in [-0.15, -0.1) is 0 Å². The fourth-order valence-electron chi connectivity index (χ4n) is 1.89. The Morgan fingerprint density at radius 2 is 2.05 bits per heavy atom. The average Bonchev–Trinajstić information content (AvgIpc) is 2.96. The van der Waals surface area contributed by atoms with Gasteiger partial charge in [0, 0.05) is 23.9 Å². The highest BCUT2D eigenvalue weighted by molar-refractivity contribution is 9.10. The summed E-state index contributed by atoms with van der Waals surface area (Å²) >= 11 is 15.7. The average molecular weight is 387 g/mol. The number of imidazole rings is 1. The van der Waals surface area contributed by atoms with E-state index in [9.17, 15) is 0 Å². The van der Waals surface area contributed by atoms with Crippen LogP contribution < -0.4 is 10.6 Å². The molecule has 3 rings (SSSR count). The molecule has 0 saturated heterocycles. The number of hydrogen-bond donors (Lipinski definition) is 2. The molecular formula is C13H10BrCl2N5. The van der Waals surface area contributed by atoms with Crippen LogP contribution in [0.15, 0.2) is 35.2 Å². The number of hydrogen-bond acceptors (Lipinski definition) is 4. The molecule has 3 aromatic rings. The van der Waals surface area contributed by atoms with Crippen LogP contribution in [0.1, 0.15) is 0 Å². The number of nitrogens with one attached hydrogen (secondary N) is 2. The third kappa shape index (κ3) is 2.66. The van der Waals surface area contributed by atoms with Crippen molar-refractivity contribution in [3.8, 4) is 0 Å². The predicted octanol–water partition coefficient (Wildman–Crippen LogP) is 4.58. The Balaban J connectivity index is 2.09. The third-order valence-electron chi connectivity index (χ3n) is 2.92. The van der Waals surface area contributed by atoms with Gasteiger partial charge in [0.25, 0.3) is 0 Å². The molecule has 2 heterocycles. The maximum atomic E-state index is 6.25. The molecule has 108 valence electrons. The zero-order chi connectivity index (χ0) is 15.0. The molecule has 1 aromatic carbocycles. The fourth-order valence-corrected chi connectivity index (χ4v) is 2.71. The van der Waals surface area contributed by atoms with Gasteiger partial charge in [-0.1, -0.05) is 23.2 Å². The summed E-state index contributed by atoms with van der Waals surface area (Å²) in [4.78, 5) is 8.75. The number of aromatic nitrogens is 3. The van der Waals surface area contributed by atoms with Crippen molar-refractivity contribution in [3.05, 3.63) is 45.2 Å². The molecule has 0 unspecified atom stereocenters. The molecule has 8 heteroatoms. The smallest absolute Gasteiger partial charge is 0.180 e. The molecule has 2 aromatic heterocycles. The van der Waals surface area contributed by atoms with E-state index in [4.69, 9.17) is 23.2 Å². The van der Waals surface area contributed by atoms with Gasteiger partial charge in [0.15, 0.2) is 11.5 Å². The van der Waals surface area contributed by atoms with Crippen LogP contribution in [0.25, 0.3) is 5.65 Å². The van der Waals surface area contributed by atoms with Crippen molar-refractivity contribution in [2.24, 2.45) is 0 Å². The first-order valence-corrected chi connectivity index (χ1v) is 7.57. The second-order valence-corrected chi connectivity index (χ2v) is 5.84. The maximum absolute atomic E-state index is 6.25. The van der Waals surface area contributed by atoms with Crippen molar-refractivity contribution in [1.82, 2.24) is 14.4 Å². The van der Waals surface area contributed by atoms with Crippen LogP contribution in [-0.4, -0.2) is 21.4 Å². The SMILES string of the molecule is CNc1cn2ccnc2c(Nc2ccc(Br)c(Cl)c2Cl)n1. The molecule has 5 nitrogen and oxygen atoms in total. The standard InChI is InChI=1S/C13H10BrCl2N5/c1-17-9-6-21-5-4-18-13(21)12(20-9)19-8-3-2-7(14)10(15)11(8)16/h2-6,17H,1H3,(H,19,20). The normalized spacial score (nSPS) is 10.9. The minimum Gasteiger partial charge on any atom is -0.372 e. The molecule has 0 fully saturated rings. The summed E-state index contributed by atoms with van der Waals surface area (Å²) in [5, 5.41) is 7.05. The molecule has 0 spiro atoms. The first-order valence-electron chi connectivity index (χ1n) is 6.02. The van der Waals surface area contributed by atoms with Crippen LogP contribution in [-0.2, 0) is 0 Å². The number of rotatable bonds is 3. The lowest BCUT2D eigenvalue weighted by Gasteiger charge is -2.12. The van der Waals surface area contributed by atoms with Gasteiger partial charge >= 0.3 is 0 Å². The largest absolute Gasteiger partial charge is 0.372 e. The zero-order valence-electron chi connectivity index (χ0n) is 10.9. The van der Waals surface area contributed by atoms with E-state index in [0.29, 0.717) is 33.0 Å². The second-order valence-electron chi connectivity index (χ2n) is 4.23. The molecule has 21 heavy (non-hydrogen) atoms. The van der Waals surface area contributed by atoms with Crippen molar-refractivity contribution in [2.75, 3.05) is 17.7 Å². The molecule has 0 radical (unpaired) electrons. The molecular weight excluding hydrogens is 377 g/mol. The highest BCUT2D eigenvalue weighted by Crippen LogP contribution is 2.37. The summed E-state index contributed by atoms with van der Waals surface area (Å²) in [7, 11) is 1.80. The minimum atomic E-state index is 0.424. The van der Waals surface area contributed by atoms with Crippen LogP contribution in [0.4, 0.5) is 17.3 Å². The molecule has 0 atom stereocenters. The monoisotopic (exact) mass is 385 g/mol. The quantitative estimate of drug-likeness (QED) is 0.646. The van der Waals surface area contributed by atoms with Crippen molar-refractivity contribution in [3.63, 3.8) is 0 Å². The molecule has 0 aliphatic rings. The molecule has 0 aliphatic heterocycles. The number of benzene rings is 1. The van der Waals surface area contributed by atoms with Gasteiger partial charge in [-0.05, 0) is 28.1 Å². The minimum absolute atomic E-state index is 0.424. The van der Waals surface area contributed by atoms with E-state index in [2.05, 4.69) is 36.5 Å². The first-order chi connectivity index (χ1) is 10.1. The summed E-state index contributed by atoms with van der Waals surface area (Å²) in [5.41, 5.74) is 1.36. The van der Waals surface area contributed by atoms with E-state index >= 15 is 0 Å². The summed E-state index contributed by atoms with van der Waals surface area (Å²) < 4.78 is 2.61. The van der Waals surface area contributed by atoms with Crippen LogP contribution in [0.3, 0.4) is 0 Å². The highest BCUT2D eigenvalue weighted by Gasteiger charge is 2.12. The van der Waals surface area contributed by atoms with Gasteiger partial charge in [-0.2, -0.15) is 0 Å². The first kappa shape index (κ1) is 14.4. The molecule has 0 aliphatic carbocycles. The lowest BCUT2D eigenvalue weighted by atomic mass is 10.3. The Morgan fingerprint density at radius 1 is 1.24 bits per heavy atom. The van der Waals surface area contributed by atoms with E-state index in [1.165, 1.54) is 0 Å². The summed E-state index contributed by atoms with van der Waals surface area (Å²) in [6.07, 6.45) is 5.40. The predicted molar refractivity (Wildman–Crippen MR) is 90.0 cm³/mol. The van der Waals surface area contributed by atoms with E-state index < -0.39 is 0 Å². The van der Waals surface area contributed by atoms with Crippen molar-refractivity contribution in [1.29, 1.82) is 0 Å². The van der Waals surface area contributed by atoms with Gasteiger partial charge in [0.05, 0.1) is 21.9 Å². The van der Waals surface area contributed by atoms with Crippen molar-refractivity contribution in [2.45, 2.75) is 0 Å². The van der Waals surface area contributed by atoms with Crippen LogP contribution in [0.2, 0.25) is 10.0 Å². The molecule has 0 bridgehead atoms. The van der Waals surface area contributed by atoms with Gasteiger partial charge in [0.2, 0.25) is 0 Å². The Hall–Kier alpha value is -1.50. The molecule has 2 N–H and O–H groups in total. The van der Waals surface area contributed by atoms with E-state index in [1.807, 2.05) is 28.9 Å². The number of fused-ring (bicyclic) bond motifs is 1. The Bertz CT molecular complexity index is 818. The van der Waals surface area contributed by atoms with E-state index in [1.54, 1.807) is 13.2 Å². The van der Waals surface area contributed by atoms with E-state index in [-0.39, 0.29) is 0 Å². The fraction of sp³-hybridized carbons (Fsp3) is 0.0769. The van der Waals surface area contributed by atoms with Crippen LogP contribution >= 0.6 is 39.1 Å². The summed E-state index contributed by atoms with van der Waals surface area (Å²) in [6, 6.07) is 3.65. The summed E-state index contributed by atoms with van der Waals surface area (Å²) in [5.74, 6) is 1.30. The number of halogens is 3. The van der Waals surface area contributed by atoms with Gasteiger partial charge in [-0.3, -0.25) is 0 Å². The molecule has 0 saturated carbocycles. The zero-order valence-corrected chi connectivity index (χ0v) is 14.0. The maximum Gasteiger partial charge on any atom is 0.180 e. The lowest BCUT2D eigenvalue weighted by molar-refractivity contribution is 1.12. The second kappa shape index (κ2) is 5.71. The number of anilines is 3. The van der Waals surface area contributed by atoms with Crippen molar-refractivity contribution >= 4 is 62.1 Å². The highest BCUT2D eigenvalue weighted by atomic mass is 79.9. The lowest BCUT2D eigenvalue weighted by Crippen LogP contribution is -2.02. The summed E-state index contributed by atoms with van der Waals surface area (Å²) in [6.45, 7) is 0. The van der Waals surface area contributed by atoms with Crippen molar-refractivity contribution < 1.29 is 0 Å². The van der Waals surface area contributed by atoms with Crippen LogP contribution in [0.5, 0.6) is 0 Å². The Labute approximate surface area is 139 Å². The van der Waals surface area contributed by atoms with E-state index in [0.717, 1.165) is 4.47 Å². The van der Waals surface area contributed by atoms with Crippen LogP contribution in [0, 0.1) is 0 Å². The van der Waals surface area contributed by atoms with Gasteiger partial charge in [0.1, 0.15) is 5.82 Å². The molecule has 0 amide bonds. The van der Waals surface area contributed by atoms with Gasteiger partial charge < -0.3 is 15.0 Å². The number of nitrogens with zero attached hydrogens (tertiary/aromatic N) is 3. The third-order valence-corrected chi connectivity index (χ3v) is 4.69. The topological polar surface area (TPSA) is 54.2 Å². The van der Waals surface area contributed by atoms with Gasteiger partial charge in [-0.25, -0.2) is 9.97 Å². The Morgan fingerprint density at radius 3 is 2.81 bits per heavy atom. The Kier molecular flexibility index (Phi) is 3.93.